The Kier molecular flexibility index (Phi) is 6.29. The molecule has 1 amide bonds. The minimum Gasteiger partial charge on any atom is -0.326 e. The average Bonchev–Trinajstić information content (AvgIpc) is 3.03. The molecule has 0 saturated heterocycles. The monoisotopic (exact) mass is 380 g/mol. The molecule has 0 spiro atoms. The van der Waals surface area contributed by atoms with Gasteiger partial charge in [-0.1, -0.05) is 38.1 Å². The molecule has 27 heavy (non-hydrogen) atoms. The van der Waals surface area contributed by atoms with E-state index in [1.807, 2.05) is 48.0 Å². The number of rotatable bonds is 7. The molecule has 1 heterocycles. The Morgan fingerprint density at radius 1 is 1.07 bits per heavy atom. The van der Waals surface area contributed by atoms with Crippen molar-refractivity contribution >= 4 is 23.4 Å². The number of hydrogen-bond donors (Lipinski definition) is 1. The van der Waals surface area contributed by atoms with E-state index in [0.29, 0.717) is 12.3 Å². The van der Waals surface area contributed by atoms with E-state index < -0.39 is 0 Å². The van der Waals surface area contributed by atoms with Crippen LogP contribution in [0, 0.1) is 5.92 Å². The summed E-state index contributed by atoms with van der Waals surface area (Å²) in [5, 5.41) is 11.7. The molecule has 0 aliphatic rings. The second-order valence-electron chi connectivity index (χ2n) is 6.99. The first-order chi connectivity index (χ1) is 13.0. The SMILES string of the molecule is CC(C)Cc1ccc(CC(=O)Nc2ccc(Sc3nncn3C)cc2)cc1. The van der Waals surface area contributed by atoms with Crippen LogP contribution in [0.25, 0.3) is 0 Å². The first-order valence-electron chi connectivity index (χ1n) is 8.99. The van der Waals surface area contributed by atoms with Crippen LogP contribution in [0.3, 0.4) is 0 Å². The van der Waals surface area contributed by atoms with Crippen LogP contribution in [0.4, 0.5) is 5.69 Å². The van der Waals surface area contributed by atoms with Gasteiger partial charge in [0.15, 0.2) is 5.16 Å². The van der Waals surface area contributed by atoms with E-state index in [2.05, 4.69) is 41.5 Å². The fraction of sp³-hybridized carbons (Fsp3) is 0.286. The van der Waals surface area contributed by atoms with Gasteiger partial charge in [-0.05, 0) is 59.5 Å². The Hall–Kier alpha value is -2.60. The lowest BCUT2D eigenvalue weighted by molar-refractivity contribution is -0.115. The van der Waals surface area contributed by atoms with E-state index in [1.54, 1.807) is 6.33 Å². The van der Waals surface area contributed by atoms with Crippen molar-refractivity contribution < 1.29 is 4.79 Å². The highest BCUT2D eigenvalue weighted by atomic mass is 32.2. The smallest absolute Gasteiger partial charge is 0.228 e. The number of aromatic nitrogens is 3. The third-order valence-electron chi connectivity index (χ3n) is 4.05. The Labute approximate surface area is 164 Å². The number of benzene rings is 2. The Bertz CT molecular complexity index is 885. The van der Waals surface area contributed by atoms with Gasteiger partial charge in [0.2, 0.25) is 5.91 Å². The molecule has 0 radical (unpaired) electrons. The average molecular weight is 381 g/mol. The summed E-state index contributed by atoms with van der Waals surface area (Å²) in [7, 11) is 1.91. The van der Waals surface area contributed by atoms with Crippen LogP contribution in [0.5, 0.6) is 0 Å². The molecule has 0 aliphatic carbocycles. The third kappa shape index (κ3) is 5.69. The lowest BCUT2D eigenvalue weighted by Gasteiger charge is -2.08. The molecule has 0 atom stereocenters. The predicted octanol–water partition coefficient (Wildman–Crippen LogP) is 4.35. The van der Waals surface area contributed by atoms with E-state index >= 15 is 0 Å². The minimum atomic E-state index is -0.0136. The van der Waals surface area contributed by atoms with Gasteiger partial charge in [0.25, 0.3) is 0 Å². The maximum Gasteiger partial charge on any atom is 0.228 e. The molecule has 2 aromatic carbocycles. The van der Waals surface area contributed by atoms with E-state index in [4.69, 9.17) is 0 Å². The summed E-state index contributed by atoms with van der Waals surface area (Å²) in [6.07, 6.45) is 3.11. The molecule has 0 bridgehead atoms. The third-order valence-corrected chi connectivity index (χ3v) is 5.11. The highest BCUT2D eigenvalue weighted by molar-refractivity contribution is 7.99. The highest BCUT2D eigenvalue weighted by Gasteiger charge is 2.07. The lowest BCUT2D eigenvalue weighted by atomic mass is 10.0. The molecule has 140 valence electrons. The quantitative estimate of drug-likeness (QED) is 0.662. The molecule has 3 aromatic rings. The number of carbonyl (C=O) groups excluding carboxylic acids is 1. The standard InChI is InChI=1S/C21H24N4OS/c1-15(2)12-16-4-6-17(7-5-16)13-20(26)23-18-8-10-19(11-9-18)27-21-24-22-14-25(21)3/h4-11,14-15H,12-13H2,1-3H3,(H,23,26). The van der Waals surface area contributed by atoms with Crippen LogP contribution < -0.4 is 5.32 Å². The fourth-order valence-electron chi connectivity index (χ4n) is 2.73. The van der Waals surface area contributed by atoms with E-state index in [9.17, 15) is 4.79 Å². The van der Waals surface area contributed by atoms with Crippen molar-refractivity contribution in [3.63, 3.8) is 0 Å². The van der Waals surface area contributed by atoms with Gasteiger partial charge in [-0.15, -0.1) is 10.2 Å². The summed E-state index contributed by atoms with van der Waals surface area (Å²) in [6, 6.07) is 16.0. The summed E-state index contributed by atoms with van der Waals surface area (Å²) in [5.41, 5.74) is 3.12. The Morgan fingerprint density at radius 2 is 1.74 bits per heavy atom. The predicted molar refractivity (Wildman–Crippen MR) is 109 cm³/mol. The Morgan fingerprint density at radius 3 is 2.33 bits per heavy atom. The van der Waals surface area contributed by atoms with Crippen LogP contribution in [0.15, 0.2) is 64.9 Å². The number of nitrogens with one attached hydrogen (secondary N) is 1. The molecule has 1 N–H and O–H groups in total. The van der Waals surface area contributed by atoms with Gasteiger partial charge < -0.3 is 9.88 Å². The number of carbonyl (C=O) groups is 1. The van der Waals surface area contributed by atoms with Crippen molar-refractivity contribution in [1.82, 2.24) is 14.8 Å². The van der Waals surface area contributed by atoms with Gasteiger partial charge in [0, 0.05) is 17.6 Å². The van der Waals surface area contributed by atoms with Crippen molar-refractivity contribution in [3.8, 4) is 0 Å². The fourth-order valence-corrected chi connectivity index (χ4v) is 3.49. The van der Waals surface area contributed by atoms with Crippen molar-refractivity contribution in [3.05, 3.63) is 66.0 Å². The summed E-state index contributed by atoms with van der Waals surface area (Å²) >= 11 is 1.53. The topological polar surface area (TPSA) is 59.8 Å². The van der Waals surface area contributed by atoms with Crippen LogP contribution in [-0.2, 0) is 24.7 Å². The molecular formula is C21H24N4OS. The zero-order valence-electron chi connectivity index (χ0n) is 15.8. The summed E-state index contributed by atoms with van der Waals surface area (Å²) in [5.74, 6) is 0.620. The summed E-state index contributed by atoms with van der Waals surface area (Å²) < 4.78 is 1.87. The first-order valence-corrected chi connectivity index (χ1v) is 9.81. The van der Waals surface area contributed by atoms with Crippen molar-refractivity contribution in [2.45, 2.75) is 36.7 Å². The number of amides is 1. The normalized spacial score (nSPS) is 11.0. The molecular weight excluding hydrogens is 356 g/mol. The van der Waals surface area contributed by atoms with Crippen molar-refractivity contribution in [1.29, 1.82) is 0 Å². The van der Waals surface area contributed by atoms with Gasteiger partial charge in [0.05, 0.1) is 6.42 Å². The molecule has 0 saturated carbocycles. The zero-order valence-corrected chi connectivity index (χ0v) is 16.7. The van der Waals surface area contributed by atoms with Crippen LogP contribution in [0.2, 0.25) is 0 Å². The van der Waals surface area contributed by atoms with Gasteiger partial charge in [-0.2, -0.15) is 0 Å². The zero-order chi connectivity index (χ0) is 19.2. The second kappa shape index (κ2) is 8.86. The van der Waals surface area contributed by atoms with Crippen LogP contribution in [-0.4, -0.2) is 20.7 Å². The molecule has 1 aromatic heterocycles. The number of aryl methyl sites for hydroxylation is 1. The minimum absolute atomic E-state index is 0.0136. The molecule has 6 heteroatoms. The molecule has 0 unspecified atom stereocenters. The first kappa shape index (κ1) is 19.2. The maximum absolute atomic E-state index is 12.3. The van der Waals surface area contributed by atoms with Crippen LogP contribution >= 0.6 is 11.8 Å². The second-order valence-corrected chi connectivity index (χ2v) is 8.03. The Balaban J connectivity index is 1.54. The van der Waals surface area contributed by atoms with Crippen molar-refractivity contribution in [2.75, 3.05) is 5.32 Å². The van der Waals surface area contributed by atoms with Gasteiger partial charge in [-0.25, -0.2) is 0 Å². The molecule has 0 fully saturated rings. The van der Waals surface area contributed by atoms with Gasteiger partial charge >= 0.3 is 0 Å². The van der Waals surface area contributed by atoms with Gasteiger partial charge in [-0.3, -0.25) is 4.79 Å². The van der Waals surface area contributed by atoms with Crippen molar-refractivity contribution in [2.24, 2.45) is 13.0 Å². The highest BCUT2D eigenvalue weighted by Crippen LogP contribution is 2.26. The number of nitrogens with zero attached hydrogens (tertiary/aromatic N) is 3. The number of hydrogen-bond acceptors (Lipinski definition) is 4. The van der Waals surface area contributed by atoms with E-state index in [-0.39, 0.29) is 5.91 Å². The summed E-state index contributed by atoms with van der Waals surface area (Å²) in [6.45, 7) is 4.41. The number of anilines is 1. The lowest BCUT2D eigenvalue weighted by Crippen LogP contribution is -2.14. The summed E-state index contributed by atoms with van der Waals surface area (Å²) in [4.78, 5) is 13.3. The molecule has 5 nitrogen and oxygen atoms in total. The van der Waals surface area contributed by atoms with E-state index in [0.717, 1.165) is 27.7 Å². The van der Waals surface area contributed by atoms with Gasteiger partial charge in [0.1, 0.15) is 6.33 Å². The largest absolute Gasteiger partial charge is 0.326 e. The maximum atomic E-state index is 12.3. The van der Waals surface area contributed by atoms with E-state index in [1.165, 1.54) is 17.3 Å². The molecule has 3 rings (SSSR count). The van der Waals surface area contributed by atoms with Crippen LogP contribution in [0.1, 0.15) is 25.0 Å². The molecule has 0 aliphatic heterocycles.